The summed E-state index contributed by atoms with van der Waals surface area (Å²) in [5.41, 5.74) is 0. The van der Waals surface area contributed by atoms with Gasteiger partial charge in [0.2, 0.25) is 0 Å². The maximum Gasteiger partial charge on any atom is 0.330 e. The quantitative estimate of drug-likeness (QED) is 0.479. The van der Waals surface area contributed by atoms with Crippen molar-refractivity contribution in [2.24, 2.45) is 5.92 Å². The average molecular weight is 198 g/mol. The summed E-state index contributed by atoms with van der Waals surface area (Å²) < 4.78 is 16.1. The lowest BCUT2D eigenvalue weighted by atomic mass is 10.0. The van der Waals surface area contributed by atoms with Crippen LogP contribution in [0.2, 0.25) is 0 Å². The van der Waals surface area contributed by atoms with Crippen molar-refractivity contribution in [3.8, 4) is 0 Å². The van der Waals surface area contributed by atoms with Crippen LogP contribution in [0, 0.1) is 5.92 Å². The molecule has 4 unspecified atom stereocenters. The van der Waals surface area contributed by atoms with E-state index in [9.17, 15) is 4.79 Å². The molecule has 14 heavy (non-hydrogen) atoms. The van der Waals surface area contributed by atoms with Crippen LogP contribution >= 0.6 is 0 Å². The highest BCUT2D eigenvalue weighted by Crippen LogP contribution is 2.32. The van der Waals surface area contributed by atoms with E-state index in [1.54, 1.807) is 0 Å². The van der Waals surface area contributed by atoms with Crippen LogP contribution in [0.25, 0.3) is 0 Å². The Kier molecular flexibility index (Phi) is 2.56. The lowest BCUT2D eigenvalue weighted by molar-refractivity contribution is -0.147. The average Bonchev–Trinajstić information content (AvgIpc) is 2.72. The van der Waals surface area contributed by atoms with E-state index in [1.807, 2.05) is 0 Å². The van der Waals surface area contributed by atoms with Gasteiger partial charge in [0.05, 0.1) is 19.3 Å². The molecule has 0 amide bonds. The molecule has 2 fully saturated rings. The third-order valence-corrected chi connectivity index (χ3v) is 2.69. The molecule has 2 saturated heterocycles. The Balaban J connectivity index is 1.96. The topological polar surface area (TPSA) is 44.8 Å². The minimum atomic E-state index is -0.414. The minimum absolute atomic E-state index is 0.0811. The fourth-order valence-corrected chi connectivity index (χ4v) is 1.95. The highest BCUT2D eigenvalue weighted by Gasteiger charge is 2.47. The second-order valence-corrected chi connectivity index (χ2v) is 3.75. The molecule has 2 rings (SSSR count). The molecule has 4 heteroatoms. The molecule has 78 valence electrons. The zero-order chi connectivity index (χ0) is 10.1. The number of hydrogen-bond donors (Lipinski definition) is 0. The summed E-state index contributed by atoms with van der Waals surface area (Å²) in [6.07, 6.45) is 0.882. The van der Waals surface area contributed by atoms with Gasteiger partial charge in [-0.1, -0.05) is 13.5 Å². The second kappa shape index (κ2) is 3.71. The van der Waals surface area contributed by atoms with Gasteiger partial charge in [-0.2, -0.15) is 0 Å². The van der Waals surface area contributed by atoms with E-state index in [0.717, 1.165) is 6.08 Å². The highest BCUT2D eigenvalue weighted by atomic mass is 16.6. The maximum absolute atomic E-state index is 11.0. The van der Waals surface area contributed by atoms with Gasteiger partial charge in [0.15, 0.2) is 6.10 Å². The van der Waals surface area contributed by atoms with Crippen LogP contribution in [-0.2, 0) is 19.0 Å². The number of rotatable bonds is 2. The van der Waals surface area contributed by atoms with Gasteiger partial charge in [0.25, 0.3) is 0 Å². The van der Waals surface area contributed by atoms with Gasteiger partial charge in [-0.25, -0.2) is 4.79 Å². The molecule has 0 spiro atoms. The first-order valence-corrected chi connectivity index (χ1v) is 4.78. The number of ether oxygens (including phenoxy) is 3. The summed E-state index contributed by atoms with van der Waals surface area (Å²) in [6.45, 7) is 6.53. The normalized spacial score (nSPS) is 40.6. The van der Waals surface area contributed by atoms with E-state index >= 15 is 0 Å². The Morgan fingerprint density at radius 2 is 2.14 bits per heavy atom. The largest absolute Gasteiger partial charge is 0.454 e. The van der Waals surface area contributed by atoms with Crippen molar-refractivity contribution in [3.05, 3.63) is 12.7 Å². The van der Waals surface area contributed by atoms with Gasteiger partial charge in [0.1, 0.15) is 6.10 Å². The molecule has 0 N–H and O–H groups in total. The van der Waals surface area contributed by atoms with Crippen molar-refractivity contribution in [1.29, 1.82) is 0 Å². The van der Waals surface area contributed by atoms with Crippen LogP contribution < -0.4 is 0 Å². The zero-order valence-corrected chi connectivity index (χ0v) is 8.14. The molecule has 2 heterocycles. The third-order valence-electron chi connectivity index (χ3n) is 2.69. The molecule has 0 bridgehead atoms. The number of carbonyl (C=O) groups excluding carboxylic acids is 1. The minimum Gasteiger partial charge on any atom is -0.454 e. The Labute approximate surface area is 82.8 Å². The number of hydrogen-bond acceptors (Lipinski definition) is 4. The predicted octanol–water partition coefficient (Wildman–Crippen LogP) is 0.518. The Hall–Kier alpha value is -0.870. The van der Waals surface area contributed by atoms with Crippen LogP contribution in [0.4, 0.5) is 0 Å². The predicted molar refractivity (Wildman–Crippen MR) is 48.7 cm³/mol. The van der Waals surface area contributed by atoms with Crippen LogP contribution in [-0.4, -0.2) is 37.5 Å². The van der Waals surface area contributed by atoms with Gasteiger partial charge < -0.3 is 14.2 Å². The molecule has 2 aliphatic heterocycles. The lowest BCUT2D eigenvalue weighted by Gasteiger charge is -2.15. The van der Waals surface area contributed by atoms with Crippen molar-refractivity contribution in [3.63, 3.8) is 0 Å². The van der Waals surface area contributed by atoms with Crippen molar-refractivity contribution in [1.82, 2.24) is 0 Å². The molecule has 0 aromatic carbocycles. The van der Waals surface area contributed by atoms with E-state index in [0.29, 0.717) is 19.1 Å². The zero-order valence-electron chi connectivity index (χ0n) is 8.14. The maximum atomic E-state index is 11.0. The van der Waals surface area contributed by atoms with Gasteiger partial charge in [-0.15, -0.1) is 0 Å². The van der Waals surface area contributed by atoms with Gasteiger partial charge >= 0.3 is 5.97 Å². The van der Waals surface area contributed by atoms with Gasteiger partial charge in [-0.3, -0.25) is 0 Å². The smallest absolute Gasteiger partial charge is 0.330 e. The molecule has 0 aromatic rings. The van der Waals surface area contributed by atoms with Crippen LogP contribution in [0.5, 0.6) is 0 Å². The van der Waals surface area contributed by atoms with Crippen molar-refractivity contribution >= 4 is 5.97 Å². The fourth-order valence-electron chi connectivity index (χ4n) is 1.95. The van der Waals surface area contributed by atoms with E-state index in [1.165, 1.54) is 0 Å². The van der Waals surface area contributed by atoms with Crippen molar-refractivity contribution in [2.45, 2.75) is 25.2 Å². The SMILES string of the molecule is C=CC(=O)OC1COC2C(C)COC12. The van der Waals surface area contributed by atoms with E-state index in [2.05, 4.69) is 13.5 Å². The molecular weight excluding hydrogens is 184 g/mol. The first kappa shape index (κ1) is 9.68. The molecule has 0 aromatic heterocycles. The van der Waals surface area contributed by atoms with Crippen molar-refractivity contribution < 1.29 is 19.0 Å². The number of esters is 1. The van der Waals surface area contributed by atoms with Gasteiger partial charge in [-0.05, 0) is 0 Å². The van der Waals surface area contributed by atoms with Crippen LogP contribution in [0.3, 0.4) is 0 Å². The number of fused-ring (bicyclic) bond motifs is 1. The monoisotopic (exact) mass is 198 g/mol. The van der Waals surface area contributed by atoms with E-state index in [-0.39, 0.29) is 18.3 Å². The summed E-state index contributed by atoms with van der Waals surface area (Å²) in [5, 5.41) is 0. The highest BCUT2D eigenvalue weighted by molar-refractivity contribution is 5.81. The summed E-state index contributed by atoms with van der Waals surface area (Å²) in [6, 6.07) is 0. The first-order valence-electron chi connectivity index (χ1n) is 4.78. The summed E-state index contributed by atoms with van der Waals surface area (Å²) >= 11 is 0. The molecular formula is C10H14O4. The first-order chi connectivity index (χ1) is 6.72. The molecule has 4 nitrogen and oxygen atoms in total. The van der Waals surface area contributed by atoms with E-state index < -0.39 is 5.97 Å². The Morgan fingerprint density at radius 1 is 1.43 bits per heavy atom. The fraction of sp³-hybridized carbons (Fsp3) is 0.700. The number of carbonyl (C=O) groups is 1. The Bertz CT molecular complexity index is 251. The molecule has 0 radical (unpaired) electrons. The van der Waals surface area contributed by atoms with Crippen molar-refractivity contribution in [2.75, 3.05) is 13.2 Å². The summed E-state index contributed by atoms with van der Waals surface area (Å²) in [4.78, 5) is 11.0. The molecule has 0 saturated carbocycles. The lowest BCUT2D eigenvalue weighted by Crippen LogP contribution is -2.32. The summed E-state index contributed by atoms with van der Waals surface area (Å²) in [5.74, 6) is -0.0326. The molecule has 0 aliphatic carbocycles. The summed E-state index contributed by atoms with van der Waals surface area (Å²) in [7, 11) is 0. The standard InChI is InChI=1S/C10H14O4/c1-3-8(11)14-7-5-13-9-6(2)4-12-10(7)9/h3,6-7,9-10H,1,4-5H2,2H3. The van der Waals surface area contributed by atoms with Crippen LogP contribution in [0.1, 0.15) is 6.92 Å². The molecule has 4 atom stereocenters. The Morgan fingerprint density at radius 3 is 2.86 bits per heavy atom. The van der Waals surface area contributed by atoms with E-state index in [4.69, 9.17) is 14.2 Å². The van der Waals surface area contributed by atoms with Gasteiger partial charge in [0, 0.05) is 12.0 Å². The molecule has 2 aliphatic rings. The second-order valence-electron chi connectivity index (χ2n) is 3.75. The van der Waals surface area contributed by atoms with Crippen LogP contribution in [0.15, 0.2) is 12.7 Å². The third kappa shape index (κ3) is 1.55.